The summed E-state index contributed by atoms with van der Waals surface area (Å²) in [6.45, 7) is 5.20. The Morgan fingerprint density at radius 1 is 1.37 bits per heavy atom. The van der Waals surface area contributed by atoms with Crippen molar-refractivity contribution in [3.8, 4) is 0 Å². The monoisotopic (exact) mass is 268 g/mol. The first-order valence-electron chi connectivity index (χ1n) is 6.89. The van der Waals surface area contributed by atoms with Gasteiger partial charge in [0, 0.05) is 13.2 Å². The third-order valence-electron chi connectivity index (χ3n) is 3.06. The Hall–Kier alpha value is -1.43. The molecule has 1 aromatic rings. The molecule has 1 rings (SSSR count). The second kappa shape index (κ2) is 7.89. The average Bonchev–Trinajstić information content (AvgIpc) is 2.75. The summed E-state index contributed by atoms with van der Waals surface area (Å²) in [5.74, 6) is 0.0406. The van der Waals surface area contributed by atoms with E-state index in [9.17, 15) is 4.79 Å². The molecule has 0 radical (unpaired) electrons. The molecule has 0 aliphatic rings. The third kappa shape index (κ3) is 4.98. The predicted octanol–water partition coefficient (Wildman–Crippen LogP) is 1.13. The first-order chi connectivity index (χ1) is 9.06. The Labute approximate surface area is 114 Å². The largest absolute Gasteiger partial charge is 0.396 e. The van der Waals surface area contributed by atoms with Crippen molar-refractivity contribution in [3.63, 3.8) is 0 Å². The first-order valence-corrected chi connectivity index (χ1v) is 6.89. The highest BCUT2D eigenvalue weighted by atomic mass is 16.2. The minimum atomic E-state index is -0.514. The van der Waals surface area contributed by atoms with Gasteiger partial charge in [-0.15, -0.1) is 5.10 Å². The Kier molecular flexibility index (Phi) is 6.49. The molecule has 0 aromatic carbocycles. The maximum Gasteiger partial charge on any atom is 0.271 e. The highest BCUT2D eigenvalue weighted by Crippen LogP contribution is 2.13. The number of carbonyl (C=O) groups is 1. The van der Waals surface area contributed by atoms with Crippen molar-refractivity contribution < 1.29 is 9.90 Å². The molecule has 19 heavy (non-hydrogen) atoms. The summed E-state index contributed by atoms with van der Waals surface area (Å²) in [5, 5.41) is 16.6. The molecule has 3 N–H and O–H groups in total. The van der Waals surface area contributed by atoms with Crippen molar-refractivity contribution in [1.29, 1.82) is 0 Å². The Bertz CT molecular complexity index is 401. The van der Waals surface area contributed by atoms with Gasteiger partial charge in [-0.2, -0.15) is 0 Å². The molecule has 6 heteroatoms. The van der Waals surface area contributed by atoms with Gasteiger partial charge in [0.1, 0.15) is 0 Å². The van der Waals surface area contributed by atoms with Crippen LogP contribution < -0.4 is 5.73 Å². The second-order valence-electron chi connectivity index (χ2n) is 5.19. The van der Waals surface area contributed by atoms with Crippen molar-refractivity contribution in [2.75, 3.05) is 6.61 Å². The Balaban J connectivity index is 2.70. The topological polar surface area (TPSA) is 94.0 Å². The molecular weight excluding hydrogens is 244 g/mol. The quantitative estimate of drug-likeness (QED) is 0.656. The van der Waals surface area contributed by atoms with E-state index in [0.29, 0.717) is 18.2 Å². The minimum Gasteiger partial charge on any atom is -0.396 e. The van der Waals surface area contributed by atoms with Crippen molar-refractivity contribution in [2.45, 2.75) is 52.5 Å². The van der Waals surface area contributed by atoms with Gasteiger partial charge in [0.25, 0.3) is 5.91 Å². The van der Waals surface area contributed by atoms with Gasteiger partial charge >= 0.3 is 0 Å². The van der Waals surface area contributed by atoms with Crippen molar-refractivity contribution >= 4 is 5.91 Å². The molecule has 0 saturated heterocycles. The molecule has 108 valence electrons. The lowest BCUT2D eigenvalue weighted by Gasteiger charge is -2.08. The number of nitrogens with zero attached hydrogens (tertiary/aromatic N) is 3. The van der Waals surface area contributed by atoms with E-state index in [2.05, 4.69) is 24.2 Å². The number of rotatable bonds is 9. The van der Waals surface area contributed by atoms with E-state index < -0.39 is 5.91 Å². The van der Waals surface area contributed by atoms with Gasteiger partial charge in [0.2, 0.25) is 0 Å². The van der Waals surface area contributed by atoms with Crippen LogP contribution in [0.3, 0.4) is 0 Å². The van der Waals surface area contributed by atoms with Crippen LogP contribution in [0.25, 0.3) is 0 Å². The van der Waals surface area contributed by atoms with Crippen LogP contribution in [0.1, 0.15) is 55.7 Å². The summed E-state index contributed by atoms with van der Waals surface area (Å²) >= 11 is 0. The average molecular weight is 268 g/mol. The highest BCUT2D eigenvalue weighted by molar-refractivity contribution is 5.91. The summed E-state index contributed by atoms with van der Waals surface area (Å²) in [7, 11) is 0. The van der Waals surface area contributed by atoms with E-state index in [1.807, 2.05) is 0 Å². The van der Waals surface area contributed by atoms with E-state index in [1.165, 1.54) is 0 Å². The van der Waals surface area contributed by atoms with Crippen molar-refractivity contribution in [1.82, 2.24) is 15.0 Å². The molecule has 0 saturated carbocycles. The number of primary amides is 1. The van der Waals surface area contributed by atoms with Crippen LogP contribution in [0.5, 0.6) is 0 Å². The molecule has 6 nitrogen and oxygen atoms in total. The molecule has 0 bridgehead atoms. The van der Waals surface area contributed by atoms with Crippen LogP contribution in [0.15, 0.2) is 0 Å². The normalized spacial score (nSPS) is 11.2. The third-order valence-corrected chi connectivity index (χ3v) is 3.06. The summed E-state index contributed by atoms with van der Waals surface area (Å²) in [4.78, 5) is 11.3. The number of hydrogen-bond acceptors (Lipinski definition) is 4. The molecular formula is C13H24N4O2. The van der Waals surface area contributed by atoms with Crippen LogP contribution in [-0.2, 0) is 13.0 Å². The van der Waals surface area contributed by atoms with Gasteiger partial charge < -0.3 is 10.8 Å². The van der Waals surface area contributed by atoms with Gasteiger partial charge in [-0.1, -0.05) is 19.1 Å². The maximum absolute atomic E-state index is 11.3. The summed E-state index contributed by atoms with van der Waals surface area (Å²) in [5.41, 5.74) is 6.46. The molecule has 0 aliphatic heterocycles. The number of carbonyl (C=O) groups excluding carboxylic acids is 1. The maximum atomic E-state index is 11.3. The fraction of sp³-hybridized carbons (Fsp3) is 0.769. The zero-order valence-electron chi connectivity index (χ0n) is 11.8. The molecule has 0 atom stereocenters. The predicted molar refractivity (Wildman–Crippen MR) is 72.6 cm³/mol. The van der Waals surface area contributed by atoms with E-state index >= 15 is 0 Å². The lowest BCUT2D eigenvalue weighted by atomic mass is 10.1. The number of aliphatic hydroxyl groups is 1. The van der Waals surface area contributed by atoms with Crippen LogP contribution >= 0.6 is 0 Å². The number of nitrogens with two attached hydrogens (primary N) is 1. The SMILES string of the molecule is CC(C)CCc1c(C(N)=O)nnn1CCCCCO. The standard InChI is InChI=1S/C13H24N4O2/c1-10(2)6-7-11-12(13(14)19)15-16-17(11)8-4-3-5-9-18/h10,18H,3-9H2,1-2H3,(H2,14,19). The lowest BCUT2D eigenvalue weighted by Crippen LogP contribution is -2.16. The van der Waals surface area contributed by atoms with Crippen LogP contribution in [-0.4, -0.2) is 32.6 Å². The summed E-state index contributed by atoms with van der Waals surface area (Å²) in [6, 6.07) is 0. The first kappa shape index (κ1) is 15.6. The van der Waals surface area contributed by atoms with Crippen LogP contribution in [0.2, 0.25) is 0 Å². The Morgan fingerprint density at radius 3 is 2.68 bits per heavy atom. The van der Waals surface area contributed by atoms with E-state index in [-0.39, 0.29) is 6.61 Å². The fourth-order valence-electron chi connectivity index (χ4n) is 1.93. The lowest BCUT2D eigenvalue weighted by molar-refractivity contribution is 0.0994. The van der Waals surface area contributed by atoms with Gasteiger partial charge in [-0.25, -0.2) is 4.68 Å². The fourth-order valence-corrected chi connectivity index (χ4v) is 1.93. The zero-order chi connectivity index (χ0) is 14.3. The highest BCUT2D eigenvalue weighted by Gasteiger charge is 2.17. The molecule has 0 spiro atoms. The molecule has 0 unspecified atom stereocenters. The number of hydrogen-bond donors (Lipinski definition) is 2. The van der Waals surface area contributed by atoms with E-state index in [0.717, 1.165) is 37.8 Å². The smallest absolute Gasteiger partial charge is 0.271 e. The van der Waals surface area contributed by atoms with E-state index in [4.69, 9.17) is 10.8 Å². The van der Waals surface area contributed by atoms with Crippen molar-refractivity contribution in [3.05, 3.63) is 11.4 Å². The van der Waals surface area contributed by atoms with Gasteiger partial charge in [0.15, 0.2) is 5.69 Å². The molecule has 1 amide bonds. The molecule has 1 aromatic heterocycles. The molecule has 0 aliphatic carbocycles. The second-order valence-corrected chi connectivity index (χ2v) is 5.19. The summed E-state index contributed by atoms with van der Waals surface area (Å²) in [6.07, 6.45) is 4.38. The van der Waals surface area contributed by atoms with Gasteiger partial charge in [-0.05, 0) is 38.0 Å². The number of aryl methyl sites for hydroxylation is 1. The van der Waals surface area contributed by atoms with E-state index in [1.54, 1.807) is 4.68 Å². The molecule has 0 fully saturated rings. The molecule has 1 heterocycles. The number of amides is 1. The number of aliphatic hydroxyl groups excluding tert-OH is 1. The number of unbranched alkanes of at least 4 members (excludes halogenated alkanes) is 2. The van der Waals surface area contributed by atoms with Gasteiger partial charge in [-0.3, -0.25) is 4.79 Å². The minimum absolute atomic E-state index is 0.212. The number of aromatic nitrogens is 3. The van der Waals surface area contributed by atoms with Crippen molar-refractivity contribution in [2.24, 2.45) is 11.7 Å². The van der Waals surface area contributed by atoms with Crippen LogP contribution in [0, 0.1) is 5.92 Å². The van der Waals surface area contributed by atoms with Gasteiger partial charge in [0.05, 0.1) is 5.69 Å². The van der Waals surface area contributed by atoms with Crippen LogP contribution in [0.4, 0.5) is 0 Å². The zero-order valence-corrected chi connectivity index (χ0v) is 11.8. The summed E-state index contributed by atoms with van der Waals surface area (Å²) < 4.78 is 1.78. The Morgan fingerprint density at radius 2 is 2.11 bits per heavy atom.